The van der Waals surface area contributed by atoms with E-state index in [2.05, 4.69) is 0 Å². The van der Waals surface area contributed by atoms with Gasteiger partial charge < -0.3 is 44.9 Å². The number of ether oxygens (including phenoxy) is 1. The standard InChI is InChI=1S/C21H20O10/c22-7-14-17(27)18(28)19(29)21(31-14)16-11(25)5-10(24)15-12(26)6-13(30-20(15)16)8-1-3-9(23)4-2-8/h1-6,14,17-19,21-25,27-29H,7H2/p-1/t14-,17-,18+,19-,21+/m1/s1. The van der Waals surface area contributed by atoms with Gasteiger partial charge in [0.1, 0.15) is 58.7 Å². The summed E-state index contributed by atoms with van der Waals surface area (Å²) in [6.45, 7) is -0.714. The van der Waals surface area contributed by atoms with Crippen molar-refractivity contribution in [1.29, 1.82) is 0 Å². The van der Waals surface area contributed by atoms with Crippen molar-refractivity contribution in [3.63, 3.8) is 0 Å². The molecule has 2 aromatic carbocycles. The Morgan fingerprint density at radius 2 is 1.65 bits per heavy atom. The molecule has 1 fully saturated rings. The molecular formula is C21H19O10-. The van der Waals surface area contributed by atoms with Crippen LogP contribution in [0, 0.1) is 0 Å². The van der Waals surface area contributed by atoms with E-state index in [4.69, 9.17) is 9.15 Å². The number of aromatic hydroxyl groups is 2. The van der Waals surface area contributed by atoms with Gasteiger partial charge in [0.15, 0.2) is 5.43 Å². The minimum Gasteiger partial charge on any atom is -0.872 e. The van der Waals surface area contributed by atoms with Gasteiger partial charge in [-0.15, -0.1) is 0 Å². The van der Waals surface area contributed by atoms with E-state index in [-0.39, 0.29) is 28.0 Å². The molecule has 1 saturated heterocycles. The van der Waals surface area contributed by atoms with Gasteiger partial charge in [0.25, 0.3) is 0 Å². The van der Waals surface area contributed by atoms with E-state index in [1.165, 1.54) is 24.3 Å². The summed E-state index contributed by atoms with van der Waals surface area (Å²) in [7, 11) is 0. The van der Waals surface area contributed by atoms with Crippen molar-refractivity contribution in [1.82, 2.24) is 0 Å². The number of hydrogen-bond acceptors (Lipinski definition) is 10. The summed E-state index contributed by atoms with van der Waals surface area (Å²) in [6, 6.07) is 7.51. The number of phenolic OH excluding ortho intramolecular Hbond substituents is 2. The average molecular weight is 431 g/mol. The quantitative estimate of drug-likeness (QED) is 0.315. The maximum Gasteiger partial charge on any atom is 0.197 e. The summed E-state index contributed by atoms with van der Waals surface area (Å²) in [5, 5.41) is 72.0. The molecule has 31 heavy (non-hydrogen) atoms. The van der Waals surface area contributed by atoms with Crippen LogP contribution in [0.2, 0.25) is 0 Å². The van der Waals surface area contributed by atoms with E-state index in [9.17, 15) is 40.5 Å². The second-order valence-electron chi connectivity index (χ2n) is 7.28. The zero-order chi connectivity index (χ0) is 22.4. The zero-order valence-electron chi connectivity index (χ0n) is 15.9. The van der Waals surface area contributed by atoms with Gasteiger partial charge in [-0.2, -0.15) is 0 Å². The van der Waals surface area contributed by atoms with Gasteiger partial charge in [0.05, 0.1) is 6.61 Å². The minimum absolute atomic E-state index is 0.00772. The number of benzene rings is 2. The van der Waals surface area contributed by atoms with Crippen molar-refractivity contribution < 1.29 is 44.9 Å². The predicted octanol–water partition coefficient (Wildman–Crippen LogP) is -0.540. The fourth-order valence-corrected chi connectivity index (χ4v) is 3.69. The highest BCUT2D eigenvalue weighted by Gasteiger charge is 2.45. The van der Waals surface area contributed by atoms with Crippen molar-refractivity contribution in [3.8, 4) is 28.6 Å². The Bertz CT molecular complexity index is 1170. The van der Waals surface area contributed by atoms with E-state index in [1.54, 1.807) is 0 Å². The maximum atomic E-state index is 12.7. The van der Waals surface area contributed by atoms with Crippen LogP contribution in [-0.4, -0.2) is 61.7 Å². The largest absolute Gasteiger partial charge is 0.872 e. The summed E-state index contributed by atoms with van der Waals surface area (Å²) in [6.07, 6.45) is -8.05. The van der Waals surface area contributed by atoms with Crippen LogP contribution in [0.25, 0.3) is 22.3 Å². The number of fused-ring (bicyclic) bond motifs is 1. The molecule has 0 unspecified atom stereocenters. The summed E-state index contributed by atoms with van der Waals surface area (Å²) < 4.78 is 11.2. The highest BCUT2D eigenvalue weighted by atomic mass is 16.5. The molecule has 5 atom stereocenters. The van der Waals surface area contributed by atoms with E-state index < -0.39 is 54.1 Å². The van der Waals surface area contributed by atoms with E-state index >= 15 is 0 Å². The lowest BCUT2D eigenvalue weighted by molar-refractivity contribution is -0.276. The molecule has 164 valence electrons. The molecule has 4 rings (SSSR count). The van der Waals surface area contributed by atoms with E-state index in [1.807, 2.05) is 0 Å². The summed E-state index contributed by atoms with van der Waals surface area (Å²) in [5.74, 6) is -1.50. The third kappa shape index (κ3) is 3.50. The lowest BCUT2D eigenvalue weighted by Gasteiger charge is -2.41. The van der Waals surface area contributed by atoms with Gasteiger partial charge in [-0.1, -0.05) is 5.75 Å². The molecule has 6 N–H and O–H groups in total. The minimum atomic E-state index is -1.79. The number of aliphatic hydroxyl groups excluding tert-OH is 4. The fourth-order valence-electron chi connectivity index (χ4n) is 3.69. The molecule has 0 amide bonds. The molecule has 2 heterocycles. The molecule has 10 nitrogen and oxygen atoms in total. The highest BCUT2D eigenvalue weighted by Crippen LogP contribution is 2.42. The second-order valence-corrected chi connectivity index (χ2v) is 7.28. The van der Waals surface area contributed by atoms with Crippen LogP contribution in [0.3, 0.4) is 0 Å². The van der Waals surface area contributed by atoms with Gasteiger partial charge in [0.2, 0.25) is 0 Å². The van der Waals surface area contributed by atoms with Crippen molar-refractivity contribution >= 4 is 11.0 Å². The molecule has 0 spiro atoms. The number of rotatable bonds is 3. The first-order valence-electron chi connectivity index (χ1n) is 9.33. The van der Waals surface area contributed by atoms with Gasteiger partial charge in [-0.3, -0.25) is 4.79 Å². The number of aliphatic hydroxyl groups is 4. The van der Waals surface area contributed by atoms with Gasteiger partial charge in [0, 0.05) is 17.2 Å². The van der Waals surface area contributed by atoms with Crippen LogP contribution >= 0.6 is 0 Å². The molecule has 1 aliphatic heterocycles. The first-order valence-corrected chi connectivity index (χ1v) is 9.33. The molecule has 3 aromatic rings. The van der Waals surface area contributed by atoms with Crippen LogP contribution in [0.4, 0.5) is 0 Å². The lowest BCUT2D eigenvalue weighted by atomic mass is 9.89. The lowest BCUT2D eigenvalue weighted by Crippen LogP contribution is -2.55. The van der Waals surface area contributed by atoms with E-state index in [0.29, 0.717) is 5.56 Å². The molecule has 0 aliphatic carbocycles. The SMILES string of the molecule is O=c1cc(-c2ccc(O)cc2)oc2c([C@@H]3O[C@H](CO)[C@@H](O)[C@H](O)[C@H]3O)c([O-])cc(O)c12. The van der Waals surface area contributed by atoms with Crippen molar-refractivity contribution in [3.05, 3.63) is 52.2 Å². The third-order valence-electron chi connectivity index (χ3n) is 5.31. The normalized spacial score (nSPS) is 26.3. The van der Waals surface area contributed by atoms with Crippen molar-refractivity contribution in [2.45, 2.75) is 30.5 Å². The smallest absolute Gasteiger partial charge is 0.197 e. The van der Waals surface area contributed by atoms with Crippen LogP contribution in [0.5, 0.6) is 17.2 Å². The monoisotopic (exact) mass is 431 g/mol. The summed E-state index contributed by atoms with van der Waals surface area (Å²) in [4.78, 5) is 12.7. The number of hydrogen-bond donors (Lipinski definition) is 6. The van der Waals surface area contributed by atoms with Crippen LogP contribution < -0.4 is 10.5 Å². The first kappa shape index (κ1) is 21.1. The maximum absolute atomic E-state index is 12.7. The molecular weight excluding hydrogens is 412 g/mol. The molecule has 0 radical (unpaired) electrons. The van der Waals surface area contributed by atoms with Gasteiger partial charge in [-0.25, -0.2) is 0 Å². The summed E-state index contributed by atoms with van der Waals surface area (Å²) in [5.41, 5.74) is -1.03. The van der Waals surface area contributed by atoms with Crippen LogP contribution in [-0.2, 0) is 4.74 Å². The van der Waals surface area contributed by atoms with Crippen LogP contribution in [0.1, 0.15) is 11.7 Å². The molecule has 1 aliphatic rings. The average Bonchev–Trinajstić information content (AvgIpc) is 2.73. The Morgan fingerprint density at radius 1 is 0.968 bits per heavy atom. The van der Waals surface area contributed by atoms with Crippen molar-refractivity contribution in [2.75, 3.05) is 6.61 Å². The molecule has 0 bridgehead atoms. The predicted molar refractivity (Wildman–Crippen MR) is 103 cm³/mol. The Hall–Kier alpha value is -3.15. The molecule has 1 aromatic heterocycles. The zero-order valence-corrected chi connectivity index (χ0v) is 15.9. The molecule has 0 saturated carbocycles. The van der Waals surface area contributed by atoms with Gasteiger partial charge >= 0.3 is 0 Å². The van der Waals surface area contributed by atoms with Crippen molar-refractivity contribution in [2.24, 2.45) is 0 Å². The highest BCUT2D eigenvalue weighted by molar-refractivity contribution is 5.89. The Morgan fingerprint density at radius 3 is 2.29 bits per heavy atom. The summed E-state index contributed by atoms with van der Waals surface area (Å²) >= 11 is 0. The third-order valence-corrected chi connectivity index (χ3v) is 5.31. The Balaban J connectivity index is 1.96. The number of phenols is 2. The van der Waals surface area contributed by atoms with Crippen LogP contribution in [0.15, 0.2) is 45.6 Å². The second kappa shape index (κ2) is 7.84. The first-order chi connectivity index (χ1) is 14.7. The van der Waals surface area contributed by atoms with E-state index in [0.717, 1.165) is 12.1 Å². The Labute approximate surface area is 174 Å². The molecule has 10 heteroatoms. The fraction of sp³-hybridized carbons (Fsp3) is 0.286. The van der Waals surface area contributed by atoms with Gasteiger partial charge in [-0.05, 0) is 30.3 Å². The Kier molecular flexibility index (Phi) is 5.33. The topological polar surface area (TPSA) is 184 Å².